The Morgan fingerprint density at radius 2 is 1.64 bits per heavy atom. The van der Waals surface area contributed by atoms with Gasteiger partial charge in [0.1, 0.15) is 0 Å². The topological polar surface area (TPSA) is 0 Å². The summed E-state index contributed by atoms with van der Waals surface area (Å²) in [6.07, 6.45) is 5.83. The second kappa shape index (κ2) is 5.19. The normalized spacial score (nSPS) is 33.2. The van der Waals surface area contributed by atoms with Gasteiger partial charge in [-0.15, -0.1) is 0 Å². The number of rotatable bonds is 4. The molecule has 3 atom stereocenters. The lowest BCUT2D eigenvalue weighted by atomic mass is 9.75. The Morgan fingerprint density at radius 3 is 2.07 bits per heavy atom. The zero-order valence-corrected chi connectivity index (χ0v) is 10.7. The van der Waals surface area contributed by atoms with Crippen LogP contribution in [-0.2, 0) is 0 Å². The fourth-order valence-electron chi connectivity index (χ4n) is 3.67. The van der Waals surface area contributed by atoms with Crippen LogP contribution in [0.5, 0.6) is 0 Å². The Bertz CT molecular complexity index is 157. The molecule has 0 spiro atoms. The van der Waals surface area contributed by atoms with E-state index in [2.05, 4.69) is 34.6 Å². The molecule has 1 rings (SSSR count). The highest BCUT2D eigenvalue weighted by Crippen LogP contribution is 2.46. The monoisotopic (exact) mass is 196 g/mol. The van der Waals surface area contributed by atoms with Crippen LogP contribution in [0.25, 0.3) is 0 Å². The molecular formula is C14H28. The van der Waals surface area contributed by atoms with Gasteiger partial charge in [-0.2, -0.15) is 0 Å². The van der Waals surface area contributed by atoms with Crippen LogP contribution in [0, 0.1) is 29.6 Å². The molecule has 0 bridgehead atoms. The zero-order valence-electron chi connectivity index (χ0n) is 10.7. The summed E-state index contributed by atoms with van der Waals surface area (Å²) in [5.74, 6) is 4.83. The van der Waals surface area contributed by atoms with Gasteiger partial charge in [0.2, 0.25) is 0 Å². The summed E-state index contributed by atoms with van der Waals surface area (Å²) in [6.45, 7) is 12.0. The smallest absolute Gasteiger partial charge is 0.0332 e. The third-order valence-corrected chi connectivity index (χ3v) is 4.20. The van der Waals surface area contributed by atoms with Crippen LogP contribution in [0.4, 0.5) is 0 Å². The maximum Gasteiger partial charge on any atom is -0.0332 e. The van der Waals surface area contributed by atoms with Gasteiger partial charge < -0.3 is 0 Å². The van der Waals surface area contributed by atoms with Crippen LogP contribution in [0.15, 0.2) is 0 Å². The van der Waals surface area contributed by atoms with Crippen molar-refractivity contribution in [3.8, 4) is 0 Å². The van der Waals surface area contributed by atoms with E-state index in [0.717, 1.165) is 29.6 Å². The van der Waals surface area contributed by atoms with Crippen molar-refractivity contribution in [2.24, 2.45) is 29.6 Å². The molecule has 0 aromatic rings. The van der Waals surface area contributed by atoms with Crippen LogP contribution in [0.2, 0.25) is 0 Å². The standard InChI is InChI=1S/C14H28/c1-6-7-12-8-9-13(10(2)3)14(12)11(4)5/h10-14H,6-9H2,1-5H3. The van der Waals surface area contributed by atoms with Crippen molar-refractivity contribution in [1.29, 1.82) is 0 Å². The lowest BCUT2D eigenvalue weighted by molar-refractivity contribution is 0.182. The molecule has 0 heterocycles. The molecule has 3 unspecified atom stereocenters. The highest BCUT2D eigenvalue weighted by Gasteiger charge is 2.38. The van der Waals surface area contributed by atoms with Crippen molar-refractivity contribution in [1.82, 2.24) is 0 Å². The van der Waals surface area contributed by atoms with Crippen LogP contribution >= 0.6 is 0 Å². The van der Waals surface area contributed by atoms with E-state index in [-0.39, 0.29) is 0 Å². The predicted octanol–water partition coefficient (Wildman–Crippen LogP) is 4.74. The minimum absolute atomic E-state index is 0.890. The van der Waals surface area contributed by atoms with Crippen LogP contribution in [0.1, 0.15) is 60.3 Å². The first-order valence-electron chi connectivity index (χ1n) is 6.57. The zero-order chi connectivity index (χ0) is 10.7. The summed E-state index contributed by atoms with van der Waals surface area (Å²) in [4.78, 5) is 0. The molecule has 0 saturated heterocycles. The van der Waals surface area contributed by atoms with Crippen molar-refractivity contribution in [3.63, 3.8) is 0 Å². The van der Waals surface area contributed by atoms with E-state index in [4.69, 9.17) is 0 Å². The molecule has 0 aromatic heterocycles. The van der Waals surface area contributed by atoms with Crippen molar-refractivity contribution < 1.29 is 0 Å². The van der Waals surface area contributed by atoms with Crippen molar-refractivity contribution in [2.75, 3.05) is 0 Å². The quantitative estimate of drug-likeness (QED) is 0.609. The molecular weight excluding hydrogens is 168 g/mol. The van der Waals surface area contributed by atoms with Gasteiger partial charge >= 0.3 is 0 Å². The summed E-state index contributed by atoms with van der Waals surface area (Å²) < 4.78 is 0. The predicted molar refractivity (Wildman–Crippen MR) is 64.3 cm³/mol. The minimum atomic E-state index is 0.890. The maximum absolute atomic E-state index is 2.42. The van der Waals surface area contributed by atoms with E-state index in [0.29, 0.717) is 0 Å². The first kappa shape index (κ1) is 12.1. The second-order valence-corrected chi connectivity index (χ2v) is 5.86. The molecule has 0 nitrogen and oxygen atoms in total. The molecule has 1 saturated carbocycles. The third-order valence-electron chi connectivity index (χ3n) is 4.20. The summed E-state index contributed by atoms with van der Waals surface area (Å²) in [5, 5.41) is 0. The van der Waals surface area contributed by atoms with Gasteiger partial charge in [0.15, 0.2) is 0 Å². The molecule has 0 aliphatic heterocycles. The van der Waals surface area contributed by atoms with Gasteiger partial charge in [0.25, 0.3) is 0 Å². The molecule has 0 radical (unpaired) electrons. The first-order chi connectivity index (χ1) is 6.57. The van der Waals surface area contributed by atoms with Crippen LogP contribution < -0.4 is 0 Å². The van der Waals surface area contributed by atoms with Crippen LogP contribution in [0.3, 0.4) is 0 Å². The molecule has 1 aliphatic rings. The Kier molecular flexibility index (Phi) is 4.47. The van der Waals surface area contributed by atoms with Gasteiger partial charge in [-0.3, -0.25) is 0 Å². The lowest BCUT2D eigenvalue weighted by Crippen LogP contribution is -2.24. The molecule has 1 fully saturated rings. The van der Waals surface area contributed by atoms with Gasteiger partial charge in [-0.1, -0.05) is 47.5 Å². The molecule has 1 aliphatic carbocycles. The van der Waals surface area contributed by atoms with Gasteiger partial charge in [0.05, 0.1) is 0 Å². The lowest BCUT2D eigenvalue weighted by Gasteiger charge is -2.30. The molecule has 0 aromatic carbocycles. The Labute approximate surface area is 90.5 Å². The first-order valence-corrected chi connectivity index (χ1v) is 6.57. The van der Waals surface area contributed by atoms with Crippen molar-refractivity contribution in [2.45, 2.75) is 60.3 Å². The number of hydrogen-bond acceptors (Lipinski definition) is 0. The van der Waals surface area contributed by atoms with E-state index in [1.165, 1.54) is 25.7 Å². The van der Waals surface area contributed by atoms with E-state index < -0.39 is 0 Å². The van der Waals surface area contributed by atoms with Crippen molar-refractivity contribution in [3.05, 3.63) is 0 Å². The SMILES string of the molecule is CCCC1CCC(C(C)C)C1C(C)C. The Hall–Kier alpha value is 0. The average Bonchev–Trinajstić information content (AvgIpc) is 2.48. The molecule has 14 heavy (non-hydrogen) atoms. The molecule has 0 heteroatoms. The van der Waals surface area contributed by atoms with Gasteiger partial charge in [-0.25, -0.2) is 0 Å². The minimum Gasteiger partial charge on any atom is -0.0654 e. The molecule has 0 N–H and O–H groups in total. The fraction of sp³-hybridized carbons (Fsp3) is 1.00. The summed E-state index contributed by atoms with van der Waals surface area (Å²) >= 11 is 0. The highest BCUT2D eigenvalue weighted by molar-refractivity contribution is 4.87. The Morgan fingerprint density at radius 1 is 1.00 bits per heavy atom. The van der Waals surface area contributed by atoms with E-state index >= 15 is 0 Å². The Balaban J connectivity index is 2.64. The van der Waals surface area contributed by atoms with E-state index in [9.17, 15) is 0 Å². The number of hydrogen-bond donors (Lipinski definition) is 0. The van der Waals surface area contributed by atoms with E-state index in [1.54, 1.807) is 0 Å². The average molecular weight is 196 g/mol. The van der Waals surface area contributed by atoms with Crippen molar-refractivity contribution >= 4 is 0 Å². The maximum atomic E-state index is 2.42. The van der Waals surface area contributed by atoms with Gasteiger partial charge in [0, 0.05) is 0 Å². The third kappa shape index (κ3) is 2.52. The summed E-state index contributed by atoms with van der Waals surface area (Å²) in [6, 6.07) is 0. The largest absolute Gasteiger partial charge is 0.0654 e. The van der Waals surface area contributed by atoms with Gasteiger partial charge in [-0.05, 0) is 42.4 Å². The highest BCUT2D eigenvalue weighted by atomic mass is 14.4. The second-order valence-electron chi connectivity index (χ2n) is 5.86. The summed E-state index contributed by atoms with van der Waals surface area (Å²) in [5.41, 5.74) is 0. The van der Waals surface area contributed by atoms with E-state index in [1.807, 2.05) is 0 Å². The molecule has 0 amide bonds. The van der Waals surface area contributed by atoms with Crippen LogP contribution in [-0.4, -0.2) is 0 Å². The summed E-state index contributed by atoms with van der Waals surface area (Å²) in [7, 11) is 0. The molecule has 84 valence electrons. The fourth-order valence-corrected chi connectivity index (χ4v) is 3.67.